The van der Waals surface area contributed by atoms with Crippen molar-refractivity contribution in [2.75, 3.05) is 13.7 Å². The number of carbonyl (C=O) groups excluding carboxylic acids is 4. The van der Waals surface area contributed by atoms with Crippen LogP contribution in [0.3, 0.4) is 0 Å². The molecule has 0 unspecified atom stereocenters. The molecule has 148 valence electrons. The number of rotatable bonds is 6. The van der Waals surface area contributed by atoms with Crippen LogP contribution in [0.2, 0.25) is 0 Å². The van der Waals surface area contributed by atoms with Crippen LogP contribution < -0.4 is 9.47 Å². The Kier molecular flexibility index (Phi) is 6.13. The molecule has 29 heavy (non-hydrogen) atoms. The highest BCUT2D eigenvalue weighted by Gasteiger charge is 2.36. The molecule has 1 aliphatic heterocycles. The predicted molar refractivity (Wildman–Crippen MR) is 108 cm³/mol. The van der Waals surface area contributed by atoms with Crippen LogP contribution in [0.1, 0.15) is 22.8 Å². The van der Waals surface area contributed by atoms with Crippen LogP contribution in [0, 0.1) is 0 Å². The molecule has 0 spiro atoms. The smallest absolute Gasteiger partial charge is 0.308 e. The number of nitrogens with zero attached hydrogens (tertiary/aromatic N) is 1. The Morgan fingerprint density at radius 1 is 1.07 bits per heavy atom. The van der Waals surface area contributed by atoms with E-state index in [1.807, 2.05) is 0 Å². The molecule has 0 atom stereocenters. The highest BCUT2D eigenvalue weighted by Crippen LogP contribution is 2.34. The molecule has 8 heteroatoms. The summed E-state index contributed by atoms with van der Waals surface area (Å²) >= 11 is 0.762. The number of benzene rings is 2. The summed E-state index contributed by atoms with van der Waals surface area (Å²) in [6.45, 7) is 0.959. The molecule has 1 fully saturated rings. The minimum atomic E-state index is -0.535. The second kappa shape index (κ2) is 8.74. The van der Waals surface area contributed by atoms with E-state index in [9.17, 15) is 19.2 Å². The molecule has 3 rings (SSSR count). The Bertz CT molecular complexity index is 1020. The molecule has 1 aliphatic rings. The third kappa shape index (κ3) is 4.72. The van der Waals surface area contributed by atoms with Crippen molar-refractivity contribution < 1.29 is 28.7 Å². The Morgan fingerprint density at radius 2 is 1.79 bits per heavy atom. The van der Waals surface area contributed by atoms with Crippen LogP contribution in [-0.4, -0.2) is 41.5 Å². The number of methoxy groups -OCH3 is 1. The fourth-order valence-electron chi connectivity index (χ4n) is 2.66. The van der Waals surface area contributed by atoms with Gasteiger partial charge in [0.1, 0.15) is 0 Å². The summed E-state index contributed by atoms with van der Waals surface area (Å²) in [5.74, 6) is -0.778. The quantitative estimate of drug-likeness (QED) is 0.311. The Morgan fingerprint density at radius 3 is 2.45 bits per heavy atom. The van der Waals surface area contributed by atoms with Gasteiger partial charge in [-0.2, -0.15) is 0 Å². The average molecular weight is 411 g/mol. The summed E-state index contributed by atoms with van der Waals surface area (Å²) in [5.41, 5.74) is 1.01. The van der Waals surface area contributed by atoms with Crippen molar-refractivity contribution in [3.63, 3.8) is 0 Å². The summed E-state index contributed by atoms with van der Waals surface area (Å²) in [4.78, 5) is 49.5. The first kappa shape index (κ1) is 20.3. The first-order valence-electron chi connectivity index (χ1n) is 8.59. The zero-order chi connectivity index (χ0) is 21.0. The van der Waals surface area contributed by atoms with Gasteiger partial charge in [-0.25, -0.2) is 0 Å². The van der Waals surface area contributed by atoms with Gasteiger partial charge in [0.25, 0.3) is 11.1 Å². The second-order valence-corrected chi connectivity index (χ2v) is 7.05. The van der Waals surface area contributed by atoms with E-state index in [4.69, 9.17) is 9.47 Å². The molecule has 1 heterocycles. The maximum Gasteiger partial charge on any atom is 0.308 e. The van der Waals surface area contributed by atoms with Crippen molar-refractivity contribution >= 4 is 40.7 Å². The molecule has 1 saturated heterocycles. The van der Waals surface area contributed by atoms with Crippen molar-refractivity contribution in [3.05, 3.63) is 64.6 Å². The minimum Gasteiger partial charge on any atom is -0.493 e. The van der Waals surface area contributed by atoms with Gasteiger partial charge in [0.15, 0.2) is 17.3 Å². The van der Waals surface area contributed by atoms with Crippen molar-refractivity contribution in [1.29, 1.82) is 0 Å². The number of ether oxygens (including phenoxy) is 2. The van der Waals surface area contributed by atoms with Gasteiger partial charge < -0.3 is 9.47 Å². The molecule has 0 aromatic heterocycles. The molecule has 0 aliphatic carbocycles. The monoisotopic (exact) mass is 411 g/mol. The lowest BCUT2D eigenvalue weighted by Crippen LogP contribution is -2.33. The maximum atomic E-state index is 12.6. The standard InChI is InChI=1S/C21H17NO6S/c1-13(23)28-17-9-8-14(10-18(17)27-2)11-19-20(25)22(21(26)29-19)12-16(24)15-6-4-3-5-7-15/h3-11H,12H2,1-2H3/b19-11-. The number of thioether (sulfide) groups is 1. The van der Waals surface area contributed by atoms with E-state index in [1.54, 1.807) is 42.5 Å². The van der Waals surface area contributed by atoms with E-state index in [1.165, 1.54) is 26.2 Å². The number of Topliss-reactive ketones (excluding diaryl/α,β-unsaturated/α-hetero) is 1. The highest BCUT2D eigenvalue weighted by molar-refractivity contribution is 8.18. The molecular formula is C21H17NO6S. The van der Waals surface area contributed by atoms with E-state index in [2.05, 4.69) is 0 Å². The number of amides is 2. The van der Waals surface area contributed by atoms with Gasteiger partial charge in [0.2, 0.25) is 0 Å². The third-order valence-electron chi connectivity index (χ3n) is 4.01. The normalized spacial score (nSPS) is 15.0. The van der Waals surface area contributed by atoms with Crippen LogP contribution in [0.5, 0.6) is 11.5 Å². The van der Waals surface area contributed by atoms with Crippen molar-refractivity contribution in [1.82, 2.24) is 4.90 Å². The summed E-state index contributed by atoms with van der Waals surface area (Å²) < 4.78 is 10.2. The van der Waals surface area contributed by atoms with Crippen LogP contribution in [-0.2, 0) is 9.59 Å². The lowest BCUT2D eigenvalue weighted by atomic mass is 10.1. The number of ketones is 1. The zero-order valence-corrected chi connectivity index (χ0v) is 16.5. The second-order valence-electron chi connectivity index (χ2n) is 6.06. The topological polar surface area (TPSA) is 90.0 Å². The molecular weight excluding hydrogens is 394 g/mol. The first-order valence-corrected chi connectivity index (χ1v) is 9.40. The fraction of sp³-hybridized carbons (Fsp3) is 0.143. The third-order valence-corrected chi connectivity index (χ3v) is 4.92. The van der Waals surface area contributed by atoms with E-state index < -0.39 is 17.1 Å². The Balaban J connectivity index is 1.79. The van der Waals surface area contributed by atoms with Gasteiger partial charge in [-0.15, -0.1) is 0 Å². The lowest BCUT2D eigenvalue weighted by molar-refractivity contribution is -0.132. The summed E-state index contributed by atoms with van der Waals surface area (Å²) in [7, 11) is 1.43. The maximum absolute atomic E-state index is 12.6. The zero-order valence-electron chi connectivity index (χ0n) is 15.7. The molecule has 7 nitrogen and oxygen atoms in total. The van der Waals surface area contributed by atoms with Crippen LogP contribution in [0.25, 0.3) is 6.08 Å². The number of esters is 1. The van der Waals surface area contributed by atoms with Crippen LogP contribution in [0.4, 0.5) is 4.79 Å². The first-order chi connectivity index (χ1) is 13.9. The SMILES string of the molecule is COc1cc(/C=C2\SC(=O)N(CC(=O)c3ccccc3)C2=O)ccc1OC(C)=O. The van der Waals surface area contributed by atoms with Gasteiger partial charge in [-0.05, 0) is 35.5 Å². The van der Waals surface area contributed by atoms with Crippen molar-refractivity contribution in [2.24, 2.45) is 0 Å². The molecule has 0 bridgehead atoms. The highest BCUT2D eigenvalue weighted by atomic mass is 32.2. The molecule has 0 N–H and O–H groups in total. The van der Waals surface area contributed by atoms with Gasteiger partial charge in [0, 0.05) is 12.5 Å². The van der Waals surface area contributed by atoms with Gasteiger partial charge in [0.05, 0.1) is 18.6 Å². The molecule has 2 aromatic carbocycles. The van der Waals surface area contributed by atoms with Gasteiger partial charge in [-0.3, -0.25) is 24.1 Å². The van der Waals surface area contributed by atoms with Gasteiger partial charge >= 0.3 is 5.97 Å². The molecule has 0 radical (unpaired) electrons. The predicted octanol–water partition coefficient (Wildman–Crippen LogP) is 3.54. The number of carbonyl (C=O) groups is 4. The molecule has 2 aromatic rings. The average Bonchev–Trinajstić information content (AvgIpc) is 2.96. The van der Waals surface area contributed by atoms with Crippen molar-refractivity contribution in [3.8, 4) is 11.5 Å². The van der Waals surface area contributed by atoms with Crippen molar-refractivity contribution in [2.45, 2.75) is 6.92 Å². The Labute approximate surface area is 171 Å². The largest absolute Gasteiger partial charge is 0.493 e. The molecule has 2 amide bonds. The summed E-state index contributed by atoms with van der Waals surface area (Å²) in [5, 5.41) is -0.506. The Hall–Kier alpha value is -3.39. The lowest BCUT2D eigenvalue weighted by Gasteiger charge is -2.11. The van der Waals surface area contributed by atoms with E-state index in [-0.39, 0.29) is 23.0 Å². The van der Waals surface area contributed by atoms with Crippen LogP contribution in [0.15, 0.2) is 53.4 Å². The van der Waals surface area contributed by atoms with E-state index in [0.717, 1.165) is 16.7 Å². The fourth-order valence-corrected chi connectivity index (χ4v) is 3.50. The van der Waals surface area contributed by atoms with Crippen LogP contribution >= 0.6 is 11.8 Å². The number of imide groups is 1. The number of hydrogen-bond acceptors (Lipinski definition) is 7. The van der Waals surface area contributed by atoms with Gasteiger partial charge in [-0.1, -0.05) is 36.4 Å². The van der Waals surface area contributed by atoms with E-state index in [0.29, 0.717) is 16.9 Å². The minimum absolute atomic E-state index is 0.193. The number of hydrogen-bond donors (Lipinski definition) is 0. The summed E-state index contributed by atoms with van der Waals surface area (Å²) in [6, 6.07) is 13.2. The molecule has 0 saturated carbocycles. The summed E-state index contributed by atoms with van der Waals surface area (Å²) in [6.07, 6.45) is 1.53. The van der Waals surface area contributed by atoms with E-state index >= 15 is 0 Å².